The van der Waals surface area contributed by atoms with Crippen LogP contribution in [0.5, 0.6) is 0 Å². The van der Waals surface area contributed by atoms with Crippen molar-refractivity contribution >= 4 is 11.6 Å². The van der Waals surface area contributed by atoms with Crippen LogP contribution >= 0.6 is 0 Å². The Kier molecular flexibility index (Phi) is 5.34. The Bertz CT molecular complexity index is 531. The maximum absolute atomic E-state index is 12.7. The summed E-state index contributed by atoms with van der Waals surface area (Å²) < 4.78 is 0. The van der Waals surface area contributed by atoms with Gasteiger partial charge in [-0.05, 0) is 61.8 Å². The number of fused-ring (bicyclic) bond motifs is 2. The topological polar surface area (TPSA) is 67.1 Å². The van der Waals surface area contributed by atoms with Crippen LogP contribution in [-0.4, -0.2) is 18.5 Å². The molecule has 4 nitrogen and oxygen atoms in total. The molecule has 2 bridgehead atoms. The number of carbonyl (C=O) groups excluding carboxylic acids is 1. The van der Waals surface area contributed by atoms with Crippen molar-refractivity contribution in [2.45, 2.75) is 51.6 Å². The molecule has 0 spiro atoms. The molecular formula is C19H29N3O. The first-order valence-electron chi connectivity index (χ1n) is 9.03. The van der Waals surface area contributed by atoms with Crippen molar-refractivity contribution in [3.8, 4) is 0 Å². The standard InChI is InChI=1S/C19H29N3O/c1-2-21-12-13-5-3-8-17(9-13)22-19(23)16-10-14-6-4-7-15(11-16)18(14)20/h3,5,8-9,14-16,18,21H,2,4,6-7,10-12,20H2,1H3,(H,22,23). The average Bonchev–Trinajstić information content (AvgIpc) is 2.53. The Hall–Kier alpha value is -1.39. The average molecular weight is 315 g/mol. The van der Waals surface area contributed by atoms with Gasteiger partial charge in [0.05, 0.1) is 0 Å². The minimum Gasteiger partial charge on any atom is -0.327 e. The van der Waals surface area contributed by atoms with Crippen LogP contribution in [-0.2, 0) is 11.3 Å². The lowest BCUT2D eigenvalue weighted by molar-refractivity contribution is -0.122. The summed E-state index contributed by atoms with van der Waals surface area (Å²) in [5, 5.41) is 6.44. The minimum absolute atomic E-state index is 0.127. The maximum atomic E-state index is 12.7. The molecule has 0 saturated heterocycles. The zero-order valence-corrected chi connectivity index (χ0v) is 14.1. The highest BCUT2D eigenvalue weighted by Gasteiger charge is 2.40. The molecule has 2 fully saturated rings. The second kappa shape index (κ2) is 7.45. The van der Waals surface area contributed by atoms with E-state index in [0.29, 0.717) is 17.9 Å². The Morgan fingerprint density at radius 3 is 2.70 bits per heavy atom. The van der Waals surface area contributed by atoms with Gasteiger partial charge >= 0.3 is 0 Å². The van der Waals surface area contributed by atoms with E-state index >= 15 is 0 Å². The highest BCUT2D eigenvalue weighted by molar-refractivity contribution is 5.92. The third kappa shape index (κ3) is 3.93. The molecule has 0 aromatic heterocycles. The summed E-state index contributed by atoms with van der Waals surface area (Å²) in [6.07, 6.45) is 5.59. The lowest BCUT2D eigenvalue weighted by atomic mass is 9.65. The summed E-state index contributed by atoms with van der Waals surface area (Å²) in [4.78, 5) is 12.7. The molecule has 0 aliphatic heterocycles. The van der Waals surface area contributed by atoms with E-state index in [9.17, 15) is 4.79 Å². The normalized spacial score (nSPS) is 30.0. The van der Waals surface area contributed by atoms with E-state index in [-0.39, 0.29) is 11.8 Å². The van der Waals surface area contributed by atoms with E-state index < -0.39 is 0 Å². The Morgan fingerprint density at radius 1 is 1.26 bits per heavy atom. The highest BCUT2D eigenvalue weighted by atomic mass is 16.1. The van der Waals surface area contributed by atoms with Gasteiger partial charge in [0, 0.05) is 24.2 Å². The summed E-state index contributed by atoms with van der Waals surface area (Å²) in [6, 6.07) is 8.45. The van der Waals surface area contributed by atoms with Crippen molar-refractivity contribution in [2.24, 2.45) is 23.5 Å². The summed E-state index contributed by atoms with van der Waals surface area (Å²) >= 11 is 0. The molecule has 23 heavy (non-hydrogen) atoms. The van der Waals surface area contributed by atoms with Crippen LogP contribution in [0.25, 0.3) is 0 Å². The van der Waals surface area contributed by atoms with Crippen LogP contribution in [0.3, 0.4) is 0 Å². The molecule has 0 radical (unpaired) electrons. The van der Waals surface area contributed by atoms with Gasteiger partial charge in [-0.3, -0.25) is 4.79 Å². The van der Waals surface area contributed by atoms with E-state index in [1.165, 1.54) is 24.8 Å². The first kappa shape index (κ1) is 16.5. The lowest BCUT2D eigenvalue weighted by Crippen LogP contribution is -2.48. The Morgan fingerprint density at radius 2 is 2.00 bits per heavy atom. The number of rotatable bonds is 5. The summed E-state index contributed by atoms with van der Waals surface area (Å²) in [6.45, 7) is 3.88. The molecule has 2 saturated carbocycles. The van der Waals surface area contributed by atoms with Crippen LogP contribution in [0, 0.1) is 17.8 Å². The van der Waals surface area contributed by atoms with Crippen LogP contribution in [0.1, 0.15) is 44.6 Å². The molecule has 4 heteroatoms. The van der Waals surface area contributed by atoms with Gasteiger partial charge in [0.1, 0.15) is 0 Å². The van der Waals surface area contributed by atoms with Gasteiger partial charge in [-0.1, -0.05) is 25.5 Å². The third-order valence-corrected chi connectivity index (χ3v) is 5.56. The smallest absolute Gasteiger partial charge is 0.227 e. The maximum Gasteiger partial charge on any atom is 0.227 e. The SMILES string of the molecule is CCNCc1cccc(NC(=O)C2CC3CCCC(C2)C3N)c1. The largest absolute Gasteiger partial charge is 0.327 e. The molecule has 2 aliphatic carbocycles. The zero-order chi connectivity index (χ0) is 16.2. The summed E-state index contributed by atoms with van der Waals surface area (Å²) in [5.41, 5.74) is 8.44. The fourth-order valence-electron chi connectivity index (χ4n) is 4.28. The van der Waals surface area contributed by atoms with E-state index in [2.05, 4.69) is 29.7 Å². The van der Waals surface area contributed by atoms with Crippen LogP contribution < -0.4 is 16.4 Å². The van der Waals surface area contributed by atoms with Gasteiger partial charge in [-0.15, -0.1) is 0 Å². The van der Waals surface area contributed by atoms with Crippen LogP contribution in [0.4, 0.5) is 5.69 Å². The molecule has 1 amide bonds. The Labute approximate surface area is 139 Å². The van der Waals surface area contributed by atoms with E-state index in [0.717, 1.165) is 31.6 Å². The van der Waals surface area contributed by atoms with E-state index in [1.54, 1.807) is 0 Å². The van der Waals surface area contributed by atoms with Crippen molar-refractivity contribution in [3.05, 3.63) is 29.8 Å². The molecule has 1 aromatic rings. The van der Waals surface area contributed by atoms with Gasteiger partial charge < -0.3 is 16.4 Å². The van der Waals surface area contributed by atoms with Gasteiger partial charge in [0.2, 0.25) is 5.91 Å². The van der Waals surface area contributed by atoms with Crippen molar-refractivity contribution < 1.29 is 4.79 Å². The van der Waals surface area contributed by atoms with Crippen LogP contribution in [0.2, 0.25) is 0 Å². The highest BCUT2D eigenvalue weighted by Crippen LogP contribution is 2.42. The first-order chi connectivity index (χ1) is 11.2. The van der Waals surface area contributed by atoms with Crippen molar-refractivity contribution in [1.82, 2.24) is 5.32 Å². The molecule has 4 N–H and O–H groups in total. The first-order valence-corrected chi connectivity index (χ1v) is 9.03. The Balaban J connectivity index is 1.61. The third-order valence-electron chi connectivity index (χ3n) is 5.56. The van der Waals surface area contributed by atoms with E-state index in [1.807, 2.05) is 12.1 Å². The van der Waals surface area contributed by atoms with E-state index in [4.69, 9.17) is 5.73 Å². The van der Waals surface area contributed by atoms with Gasteiger partial charge in [0.25, 0.3) is 0 Å². The quantitative estimate of drug-likeness (QED) is 0.782. The molecule has 2 unspecified atom stereocenters. The molecule has 2 atom stereocenters. The number of carbonyl (C=O) groups is 1. The summed E-state index contributed by atoms with van der Waals surface area (Å²) in [5.74, 6) is 1.38. The van der Waals surface area contributed by atoms with Crippen molar-refractivity contribution in [3.63, 3.8) is 0 Å². The van der Waals surface area contributed by atoms with Crippen molar-refractivity contribution in [1.29, 1.82) is 0 Å². The molecule has 3 rings (SSSR count). The lowest BCUT2D eigenvalue weighted by Gasteiger charge is -2.43. The number of hydrogen-bond donors (Lipinski definition) is 3. The zero-order valence-electron chi connectivity index (χ0n) is 14.1. The van der Waals surface area contributed by atoms with Crippen molar-refractivity contribution in [2.75, 3.05) is 11.9 Å². The number of hydrogen-bond acceptors (Lipinski definition) is 3. The monoisotopic (exact) mass is 315 g/mol. The summed E-state index contributed by atoms with van der Waals surface area (Å²) in [7, 11) is 0. The number of nitrogens with one attached hydrogen (secondary N) is 2. The van der Waals surface area contributed by atoms with Gasteiger partial charge in [-0.2, -0.15) is 0 Å². The fraction of sp³-hybridized carbons (Fsp3) is 0.632. The molecular weight excluding hydrogens is 286 g/mol. The molecule has 2 aliphatic rings. The predicted octanol–water partition coefficient (Wildman–Crippen LogP) is 2.89. The fourth-order valence-corrected chi connectivity index (χ4v) is 4.28. The second-order valence-corrected chi connectivity index (χ2v) is 7.17. The van der Waals surface area contributed by atoms with Gasteiger partial charge in [-0.25, -0.2) is 0 Å². The number of benzene rings is 1. The molecule has 1 aromatic carbocycles. The second-order valence-electron chi connectivity index (χ2n) is 7.17. The number of amides is 1. The van der Waals surface area contributed by atoms with Crippen LogP contribution in [0.15, 0.2) is 24.3 Å². The molecule has 0 heterocycles. The number of anilines is 1. The molecule has 126 valence electrons. The van der Waals surface area contributed by atoms with Gasteiger partial charge in [0.15, 0.2) is 0 Å². The predicted molar refractivity (Wildman–Crippen MR) is 94.0 cm³/mol. The minimum atomic E-state index is 0.127. The number of nitrogens with two attached hydrogens (primary N) is 1.